The molecule has 1 aromatic heterocycles. The SMILES string of the molecule is CCCC=C(C1c2ccccc2N2c3ncccc3N(c3ccccc3)C12)C1(CC)Cc2ccccc2N2c3cc4c(cc3N(c3ccccc3)C21)-c1ccccc1C4(C)C. The molecule has 0 bridgehead atoms. The van der Waals surface area contributed by atoms with E-state index < -0.39 is 0 Å². The molecule has 0 N–H and O–H groups in total. The van der Waals surface area contributed by atoms with Crippen molar-refractivity contribution < 1.29 is 0 Å². The molecule has 300 valence electrons. The molecule has 4 unspecified atom stereocenters. The van der Waals surface area contributed by atoms with Crippen LogP contribution in [0.1, 0.15) is 75.1 Å². The van der Waals surface area contributed by atoms with Crippen molar-refractivity contribution in [3.8, 4) is 11.1 Å². The zero-order chi connectivity index (χ0) is 41.0. The second-order valence-corrected chi connectivity index (χ2v) is 18.1. The van der Waals surface area contributed by atoms with Crippen LogP contribution in [-0.2, 0) is 11.8 Å². The lowest BCUT2D eigenvalue weighted by molar-refractivity contribution is 0.244. The third kappa shape index (κ3) is 4.92. The minimum atomic E-state index is -0.311. The molecular weight excluding hydrogens is 743 g/mol. The fraction of sp³-hybridized carbons (Fsp3) is 0.232. The Morgan fingerprint density at radius 2 is 1.26 bits per heavy atom. The number of aromatic nitrogens is 1. The molecule has 4 aliphatic heterocycles. The Kier molecular flexibility index (Phi) is 8.00. The second-order valence-electron chi connectivity index (χ2n) is 18.1. The molecule has 5 nitrogen and oxygen atoms in total. The van der Waals surface area contributed by atoms with Gasteiger partial charge >= 0.3 is 0 Å². The van der Waals surface area contributed by atoms with Gasteiger partial charge in [-0.3, -0.25) is 0 Å². The van der Waals surface area contributed by atoms with Crippen LogP contribution in [0.2, 0.25) is 0 Å². The molecule has 0 amide bonds. The average Bonchev–Trinajstić information content (AvgIpc) is 4.00. The summed E-state index contributed by atoms with van der Waals surface area (Å²) in [5.74, 6) is 1.08. The topological polar surface area (TPSA) is 25.9 Å². The Bertz CT molecular complexity index is 2870. The molecule has 0 fully saturated rings. The van der Waals surface area contributed by atoms with E-state index in [9.17, 15) is 0 Å². The van der Waals surface area contributed by atoms with E-state index in [4.69, 9.17) is 4.98 Å². The van der Waals surface area contributed by atoms with E-state index in [2.05, 4.69) is 211 Å². The zero-order valence-electron chi connectivity index (χ0n) is 35.5. The summed E-state index contributed by atoms with van der Waals surface area (Å²) in [6, 6.07) is 59.3. The number of rotatable bonds is 7. The van der Waals surface area contributed by atoms with Crippen molar-refractivity contribution in [2.45, 2.75) is 77.0 Å². The van der Waals surface area contributed by atoms with Crippen LogP contribution in [0.4, 0.5) is 45.6 Å². The summed E-state index contributed by atoms with van der Waals surface area (Å²) in [4.78, 5) is 15.8. The van der Waals surface area contributed by atoms with E-state index in [-0.39, 0.29) is 29.1 Å². The number of para-hydroxylation sites is 4. The highest BCUT2D eigenvalue weighted by molar-refractivity contribution is 5.97. The van der Waals surface area contributed by atoms with E-state index in [1.807, 2.05) is 6.20 Å². The molecule has 5 aliphatic rings. The minimum absolute atomic E-state index is 0.0259. The lowest BCUT2D eigenvalue weighted by Gasteiger charge is -2.54. The zero-order valence-corrected chi connectivity index (χ0v) is 35.5. The van der Waals surface area contributed by atoms with Crippen LogP contribution in [0.5, 0.6) is 0 Å². The van der Waals surface area contributed by atoms with E-state index in [0.717, 1.165) is 37.2 Å². The third-order valence-electron chi connectivity index (χ3n) is 14.8. The summed E-state index contributed by atoms with van der Waals surface area (Å²) in [6.45, 7) is 9.62. The summed E-state index contributed by atoms with van der Waals surface area (Å²) in [5.41, 5.74) is 18.1. The van der Waals surface area contributed by atoms with Crippen molar-refractivity contribution in [3.63, 3.8) is 0 Å². The van der Waals surface area contributed by atoms with Gasteiger partial charge in [0, 0.05) is 45.7 Å². The molecular formula is C56H51N5. The molecule has 5 heterocycles. The first-order chi connectivity index (χ1) is 30.0. The highest BCUT2D eigenvalue weighted by Crippen LogP contribution is 2.67. The van der Waals surface area contributed by atoms with Crippen molar-refractivity contribution in [1.29, 1.82) is 0 Å². The molecule has 61 heavy (non-hydrogen) atoms. The molecule has 0 radical (unpaired) electrons. The number of hydrogen-bond donors (Lipinski definition) is 0. The van der Waals surface area contributed by atoms with Crippen molar-refractivity contribution >= 4 is 45.6 Å². The number of unbranched alkanes of at least 4 members (excludes halogenated alkanes) is 1. The second kappa shape index (κ2) is 13.5. The smallest absolute Gasteiger partial charge is 0.158 e. The monoisotopic (exact) mass is 793 g/mol. The normalized spacial score (nSPS) is 22.2. The number of nitrogens with zero attached hydrogens (tertiary/aromatic N) is 5. The van der Waals surface area contributed by atoms with Crippen LogP contribution in [-0.4, -0.2) is 17.3 Å². The van der Waals surface area contributed by atoms with E-state index in [1.165, 1.54) is 73.1 Å². The van der Waals surface area contributed by atoms with Gasteiger partial charge in [0.2, 0.25) is 0 Å². The van der Waals surface area contributed by atoms with Gasteiger partial charge in [-0.15, -0.1) is 0 Å². The fourth-order valence-corrected chi connectivity index (χ4v) is 12.2. The van der Waals surface area contributed by atoms with Crippen LogP contribution < -0.4 is 19.6 Å². The highest BCUT2D eigenvalue weighted by Gasteiger charge is 2.60. The van der Waals surface area contributed by atoms with Gasteiger partial charge < -0.3 is 19.6 Å². The summed E-state index contributed by atoms with van der Waals surface area (Å²) in [6.07, 6.45) is 8.57. The maximum absolute atomic E-state index is 5.15. The minimum Gasteiger partial charge on any atom is -0.317 e. The molecule has 4 atom stereocenters. The lowest BCUT2D eigenvalue weighted by Crippen LogP contribution is -2.57. The molecule has 5 heteroatoms. The van der Waals surface area contributed by atoms with Gasteiger partial charge in [-0.1, -0.05) is 143 Å². The van der Waals surface area contributed by atoms with Gasteiger partial charge in [0.05, 0.1) is 17.1 Å². The van der Waals surface area contributed by atoms with E-state index >= 15 is 0 Å². The molecule has 7 aromatic rings. The lowest BCUT2D eigenvalue weighted by atomic mass is 9.62. The molecule has 0 spiro atoms. The quantitative estimate of drug-likeness (QED) is 0.150. The van der Waals surface area contributed by atoms with Crippen molar-refractivity contribution in [2.24, 2.45) is 5.41 Å². The first-order valence-corrected chi connectivity index (χ1v) is 22.3. The number of fused-ring (bicyclic) bond motifs is 13. The fourth-order valence-electron chi connectivity index (χ4n) is 12.2. The summed E-state index contributed by atoms with van der Waals surface area (Å²) in [7, 11) is 0. The molecule has 0 saturated carbocycles. The Morgan fingerprint density at radius 1 is 0.607 bits per heavy atom. The summed E-state index contributed by atoms with van der Waals surface area (Å²) < 4.78 is 0. The standard InChI is InChI=1S/C56H51N5/c1-5-7-28-44(51-41-27-16-19-31-47(41)61-52-48(32-20-33-57-52)58(53(51)61)38-22-10-8-11-23-38)56(6-2)36-37-21-14-18-30-46(37)60-50-35-45-42(40-26-15-17-29-43(40)55(45,3)4)34-49(50)59(54(56)60)39-24-12-9-13-25-39/h8-35,51,53-54H,5-7,36H2,1-4H3. The summed E-state index contributed by atoms with van der Waals surface area (Å²) >= 11 is 0. The molecule has 0 saturated heterocycles. The average molecular weight is 794 g/mol. The highest BCUT2D eigenvalue weighted by atomic mass is 15.5. The number of anilines is 8. The van der Waals surface area contributed by atoms with Gasteiger partial charge in [-0.2, -0.15) is 0 Å². The summed E-state index contributed by atoms with van der Waals surface area (Å²) in [5, 5.41) is 0. The number of hydrogen-bond acceptors (Lipinski definition) is 5. The first kappa shape index (κ1) is 36.3. The van der Waals surface area contributed by atoms with Gasteiger partial charge in [-0.25, -0.2) is 4.98 Å². The van der Waals surface area contributed by atoms with E-state index in [1.54, 1.807) is 0 Å². The van der Waals surface area contributed by atoms with Crippen molar-refractivity contribution in [3.05, 3.63) is 198 Å². The van der Waals surface area contributed by atoms with Crippen molar-refractivity contribution in [1.82, 2.24) is 4.98 Å². The Labute approximate surface area is 360 Å². The largest absolute Gasteiger partial charge is 0.317 e. The predicted octanol–water partition coefficient (Wildman–Crippen LogP) is 14.1. The number of allylic oxidation sites excluding steroid dienone is 1. The van der Waals surface area contributed by atoms with Crippen LogP contribution in [0.3, 0.4) is 0 Å². The maximum atomic E-state index is 5.15. The van der Waals surface area contributed by atoms with Gasteiger partial charge in [0.1, 0.15) is 12.3 Å². The van der Waals surface area contributed by atoms with Crippen molar-refractivity contribution in [2.75, 3.05) is 19.6 Å². The van der Waals surface area contributed by atoms with Crippen LogP contribution in [0.15, 0.2) is 176 Å². The first-order valence-electron chi connectivity index (χ1n) is 22.3. The Morgan fingerprint density at radius 3 is 2.03 bits per heavy atom. The van der Waals surface area contributed by atoms with Crippen LogP contribution in [0.25, 0.3) is 11.1 Å². The van der Waals surface area contributed by atoms with E-state index in [0.29, 0.717) is 0 Å². The third-order valence-corrected chi connectivity index (χ3v) is 14.8. The maximum Gasteiger partial charge on any atom is 0.158 e. The Hall–Kier alpha value is -6.59. The van der Waals surface area contributed by atoms with Crippen LogP contribution >= 0.6 is 0 Å². The van der Waals surface area contributed by atoms with Gasteiger partial charge in [0.25, 0.3) is 0 Å². The molecule has 1 aliphatic carbocycles. The van der Waals surface area contributed by atoms with Gasteiger partial charge in [0.15, 0.2) is 5.82 Å². The Balaban J connectivity index is 1.14. The molecule has 6 aromatic carbocycles. The van der Waals surface area contributed by atoms with Crippen LogP contribution in [0, 0.1) is 5.41 Å². The number of benzene rings is 6. The van der Waals surface area contributed by atoms with Gasteiger partial charge in [-0.05, 0) is 113 Å². The predicted molar refractivity (Wildman–Crippen MR) is 252 cm³/mol. The number of pyridine rings is 1. The molecule has 12 rings (SSSR count).